The van der Waals surface area contributed by atoms with E-state index in [0.29, 0.717) is 5.01 Å². The van der Waals surface area contributed by atoms with Crippen LogP contribution in [0.2, 0.25) is 0 Å². The molecule has 0 aliphatic rings. The zero-order valence-corrected chi connectivity index (χ0v) is 11.2. The molecule has 0 spiro atoms. The van der Waals surface area contributed by atoms with Crippen LogP contribution in [0.5, 0.6) is 0 Å². The quantitative estimate of drug-likeness (QED) is 0.576. The number of aromatic nitrogens is 3. The third kappa shape index (κ3) is 3.82. The molecule has 2 aromatic rings. The van der Waals surface area contributed by atoms with Crippen LogP contribution < -0.4 is 5.32 Å². The van der Waals surface area contributed by atoms with Crippen molar-refractivity contribution in [3.63, 3.8) is 0 Å². The monoisotopic (exact) mass is 311 g/mol. The Bertz CT molecular complexity index is 694. The minimum absolute atomic E-state index is 0.0769. The van der Waals surface area contributed by atoms with Gasteiger partial charge >= 0.3 is 11.8 Å². The summed E-state index contributed by atoms with van der Waals surface area (Å²) in [6.07, 6.45) is 1.32. The normalized spacial score (nSPS) is 10.3. The standard InChI is InChI=1S/C10H9N5O5S/c16-8(4-14-2-1-7(13-14)15(19)20)11-3-9-12-6(5-21-9)10(17)18/h1-2,5H,3-4H2,(H,11,16)(H,17,18). The summed E-state index contributed by atoms with van der Waals surface area (Å²) in [4.78, 5) is 35.9. The molecule has 0 bridgehead atoms. The van der Waals surface area contributed by atoms with Crippen LogP contribution in [0.3, 0.4) is 0 Å². The summed E-state index contributed by atoms with van der Waals surface area (Å²) < 4.78 is 1.14. The second-order valence-corrected chi connectivity index (χ2v) is 4.78. The number of carboxylic acid groups (broad SMARTS) is 1. The molecule has 0 radical (unpaired) electrons. The summed E-state index contributed by atoms with van der Waals surface area (Å²) in [7, 11) is 0. The predicted octanol–water partition coefficient (Wildman–Crippen LogP) is 0.262. The summed E-state index contributed by atoms with van der Waals surface area (Å²) in [6.45, 7) is -0.0921. The van der Waals surface area contributed by atoms with E-state index in [1.807, 2.05) is 0 Å². The molecule has 0 saturated heterocycles. The van der Waals surface area contributed by atoms with Crippen molar-refractivity contribution in [1.29, 1.82) is 0 Å². The average Bonchev–Trinajstić information content (AvgIpc) is 3.05. The average molecular weight is 311 g/mol. The topological polar surface area (TPSA) is 140 Å². The number of carbonyl (C=O) groups is 2. The van der Waals surface area contributed by atoms with Gasteiger partial charge in [-0.25, -0.2) is 9.78 Å². The summed E-state index contributed by atoms with van der Waals surface area (Å²) in [5.41, 5.74) is -0.0769. The van der Waals surface area contributed by atoms with Gasteiger partial charge < -0.3 is 20.5 Å². The lowest BCUT2D eigenvalue weighted by atomic mass is 10.5. The van der Waals surface area contributed by atoms with Gasteiger partial charge in [0.05, 0.1) is 23.9 Å². The Hall–Kier alpha value is -2.82. The molecule has 0 aliphatic heterocycles. The maximum Gasteiger partial charge on any atom is 0.389 e. The van der Waals surface area contributed by atoms with Crippen LogP contribution in [0.1, 0.15) is 15.5 Å². The molecule has 2 heterocycles. The molecule has 21 heavy (non-hydrogen) atoms. The number of amides is 1. The van der Waals surface area contributed by atoms with Crippen molar-refractivity contribution in [2.24, 2.45) is 0 Å². The van der Waals surface area contributed by atoms with Crippen LogP contribution in [0.4, 0.5) is 5.82 Å². The molecule has 0 saturated carbocycles. The molecule has 11 heteroatoms. The van der Waals surface area contributed by atoms with E-state index in [1.165, 1.54) is 17.6 Å². The first-order valence-electron chi connectivity index (χ1n) is 5.58. The summed E-state index contributed by atoms with van der Waals surface area (Å²) >= 11 is 1.12. The highest BCUT2D eigenvalue weighted by molar-refractivity contribution is 7.09. The van der Waals surface area contributed by atoms with Crippen LogP contribution in [0.25, 0.3) is 0 Å². The maximum atomic E-state index is 11.6. The molecule has 1 amide bonds. The number of carboxylic acids is 1. The molecule has 2 N–H and O–H groups in total. The number of nitrogens with one attached hydrogen (secondary N) is 1. The van der Waals surface area contributed by atoms with Crippen LogP contribution in [-0.2, 0) is 17.9 Å². The molecule has 0 aromatic carbocycles. The minimum atomic E-state index is -1.13. The van der Waals surface area contributed by atoms with Crippen molar-refractivity contribution < 1.29 is 19.6 Å². The van der Waals surface area contributed by atoms with Gasteiger partial charge in [0.25, 0.3) is 0 Å². The fraction of sp³-hybridized carbons (Fsp3) is 0.200. The second kappa shape index (κ2) is 6.09. The zero-order valence-electron chi connectivity index (χ0n) is 10.4. The van der Waals surface area contributed by atoms with E-state index >= 15 is 0 Å². The molecule has 0 fully saturated rings. The maximum absolute atomic E-state index is 11.6. The van der Waals surface area contributed by atoms with E-state index in [0.717, 1.165) is 16.0 Å². The fourth-order valence-electron chi connectivity index (χ4n) is 1.40. The third-order valence-corrected chi connectivity index (χ3v) is 3.18. The van der Waals surface area contributed by atoms with E-state index in [4.69, 9.17) is 5.11 Å². The van der Waals surface area contributed by atoms with E-state index in [1.54, 1.807) is 0 Å². The van der Waals surface area contributed by atoms with Crippen LogP contribution >= 0.6 is 11.3 Å². The Labute approximate surface area is 121 Å². The second-order valence-electron chi connectivity index (χ2n) is 3.84. The lowest BCUT2D eigenvalue weighted by molar-refractivity contribution is -0.389. The van der Waals surface area contributed by atoms with Crippen molar-refractivity contribution in [2.45, 2.75) is 13.1 Å². The Morgan fingerprint density at radius 3 is 2.86 bits per heavy atom. The van der Waals surface area contributed by atoms with Gasteiger partial charge in [-0.1, -0.05) is 0 Å². The van der Waals surface area contributed by atoms with Gasteiger partial charge in [0.15, 0.2) is 5.69 Å². The first-order chi connectivity index (χ1) is 9.95. The predicted molar refractivity (Wildman–Crippen MR) is 69.8 cm³/mol. The molecule has 2 aromatic heterocycles. The molecule has 10 nitrogen and oxygen atoms in total. The first kappa shape index (κ1) is 14.6. The third-order valence-electron chi connectivity index (χ3n) is 2.33. The zero-order chi connectivity index (χ0) is 15.4. The van der Waals surface area contributed by atoms with Crippen LogP contribution in [-0.4, -0.2) is 36.7 Å². The Morgan fingerprint density at radius 1 is 1.52 bits per heavy atom. The number of hydrogen-bond donors (Lipinski definition) is 2. The Balaban J connectivity index is 1.86. The van der Waals surface area contributed by atoms with Gasteiger partial charge in [-0.3, -0.25) is 4.79 Å². The van der Waals surface area contributed by atoms with Gasteiger partial charge in [-0.15, -0.1) is 11.3 Å². The number of hydrogen-bond acceptors (Lipinski definition) is 7. The number of aromatic carboxylic acids is 1. The van der Waals surface area contributed by atoms with Crippen molar-refractivity contribution in [3.05, 3.63) is 38.5 Å². The van der Waals surface area contributed by atoms with E-state index in [-0.39, 0.29) is 24.6 Å². The minimum Gasteiger partial charge on any atom is -0.476 e. The highest BCUT2D eigenvalue weighted by atomic mass is 32.1. The highest BCUT2D eigenvalue weighted by Crippen LogP contribution is 2.09. The molecular weight excluding hydrogens is 302 g/mol. The number of nitrogens with zero attached hydrogens (tertiary/aromatic N) is 4. The summed E-state index contributed by atoms with van der Waals surface area (Å²) in [5, 5.41) is 27.1. The number of thiazole rings is 1. The molecular formula is C10H9N5O5S. The lowest BCUT2D eigenvalue weighted by Crippen LogP contribution is -2.27. The van der Waals surface area contributed by atoms with Gasteiger partial charge in [0, 0.05) is 5.38 Å². The first-order valence-corrected chi connectivity index (χ1v) is 6.46. The molecule has 0 atom stereocenters. The van der Waals surface area contributed by atoms with Gasteiger partial charge in [-0.2, -0.15) is 4.68 Å². The van der Waals surface area contributed by atoms with Gasteiger partial charge in [0.1, 0.15) is 11.6 Å². The number of rotatable bonds is 6. The van der Waals surface area contributed by atoms with Gasteiger partial charge in [-0.05, 0) is 4.92 Å². The number of carbonyl (C=O) groups excluding carboxylic acids is 1. The molecule has 2 rings (SSSR count). The largest absolute Gasteiger partial charge is 0.476 e. The number of nitro groups is 1. The Kier molecular flexibility index (Phi) is 4.23. The fourth-order valence-corrected chi connectivity index (χ4v) is 2.11. The molecule has 0 unspecified atom stereocenters. The van der Waals surface area contributed by atoms with Crippen LogP contribution in [0.15, 0.2) is 17.6 Å². The molecule has 110 valence electrons. The summed E-state index contributed by atoms with van der Waals surface area (Å²) in [6, 6.07) is 1.19. The van der Waals surface area contributed by atoms with Crippen molar-refractivity contribution in [2.75, 3.05) is 0 Å². The summed E-state index contributed by atoms with van der Waals surface area (Å²) in [5.74, 6) is -1.89. The van der Waals surface area contributed by atoms with E-state index in [9.17, 15) is 19.7 Å². The van der Waals surface area contributed by atoms with Crippen molar-refractivity contribution in [1.82, 2.24) is 20.1 Å². The SMILES string of the molecule is O=C(Cn1ccc([N+](=O)[O-])n1)NCc1nc(C(=O)O)cs1. The van der Waals surface area contributed by atoms with E-state index < -0.39 is 16.8 Å². The Morgan fingerprint density at radius 2 is 2.29 bits per heavy atom. The molecule has 0 aliphatic carbocycles. The highest BCUT2D eigenvalue weighted by Gasteiger charge is 2.14. The lowest BCUT2D eigenvalue weighted by Gasteiger charge is -2.00. The van der Waals surface area contributed by atoms with E-state index in [2.05, 4.69) is 15.4 Å². The van der Waals surface area contributed by atoms with Crippen molar-refractivity contribution >= 4 is 29.0 Å². The van der Waals surface area contributed by atoms with Crippen LogP contribution in [0, 0.1) is 10.1 Å². The van der Waals surface area contributed by atoms with Crippen molar-refractivity contribution in [3.8, 4) is 0 Å². The smallest absolute Gasteiger partial charge is 0.389 e. The van der Waals surface area contributed by atoms with Gasteiger partial charge in [0.2, 0.25) is 5.91 Å².